The molecular weight excluding hydrogens is 506 g/mol. The maximum Gasteiger partial charge on any atom is 0.294 e. The van der Waals surface area contributed by atoms with E-state index < -0.39 is 17.1 Å². The lowest BCUT2D eigenvalue weighted by atomic mass is 10.3. The second kappa shape index (κ2) is 10.1. The minimum atomic E-state index is -0.490. The monoisotopic (exact) mass is 525 g/mol. The number of hydrogen-bond acceptors (Lipinski definition) is 5. The van der Waals surface area contributed by atoms with Crippen molar-refractivity contribution < 1.29 is 19.1 Å². The van der Waals surface area contributed by atoms with E-state index in [4.69, 9.17) is 4.74 Å². The first-order valence-corrected chi connectivity index (χ1v) is 11.8. The van der Waals surface area contributed by atoms with Gasteiger partial charge in [0.05, 0.1) is 11.5 Å². The Bertz CT molecular complexity index is 1220. The van der Waals surface area contributed by atoms with Crippen molar-refractivity contribution in [1.82, 2.24) is 9.47 Å². The normalized spacial score (nSPS) is 14.7. The van der Waals surface area contributed by atoms with Crippen LogP contribution in [0.1, 0.15) is 12.6 Å². The van der Waals surface area contributed by atoms with Gasteiger partial charge in [0.2, 0.25) is 5.91 Å². The van der Waals surface area contributed by atoms with Gasteiger partial charge in [-0.2, -0.15) is 0 Å². The minimum absolute atomic E-state index is 0.269. The van der Waals surface area contributed by atoms with Gasteiger partial charge >= 0.3 is 0 Å². The van der Waals surface area contributed by atoms with Gasteiger partial charge in [-0.15, -0.1) is 0 Å². The molecule has 7 nitrogen and oxygen atoms in total. The van der Waals surface area contributed by atoms with Gasteiger partial charge in [0.25, 0.3) is 11.1 Å². The molecule has 1 aliphatic heterocycles. The second-order valence-corrected chi connectivity index (χ2v) is 8.96. The average Bonchev–Trinajstić information content (AvgIpc) is 3.36. The van der Waals surface area contributed by atoms with E-state index in [0.717, 1.165) is 32.5 Å². The maximum absolute atomic E-state index is 12.8. The molecule has 1 saturated heterocycles. The quantitative estimate of drug-likeness (QED) is 0.422. The van der Waals surface area contributed by atoms with Crippen molar-refractivity contribution in [2.45, 2.75) is 6.92 Å². The Labute approximate surface area is 203 Å². The molecule has 0 radical (unpaired) electrons. The molecule has 4 rings (SSSR count). The highest BCUT2D eigenvalue weighted by molar-refractivity contribution is 9.10. The third-order valence-electron chi connectivity index (χ3n) is 4.79. The van der Waals surface area contributed by atoms with E-state index in [0.29, 0.717) is 18.0 Å². The molecule has 3 aromatic rings. The van der Waals surface area contributed by atoms with E-state index >= 15 is 0 Å². The third-order valence-corrected chi connectivity index (χ3v) is 6.22. The summed E-state index contributed by atoms with van der Waals surface area (Å²) in [7, 11) is 0. The Morgan fingerprint density at radius 3 is 2.52 bits per heavy atom. The van der Waals surface area contributed by atoms with Crippen molar-refractivity contribution in [1.29, 1.82) is 0 Å². The molecule has 3 amide bonds. The van der Waals surface area contributed by atoms with E-state index in [9.17, 15) is 14.4 Å². The standard InChI is InChI=1S/C24H20BrN3O4S/c1-2-32-20-11-7-17(8-12-20)26-22(29)15-28-23(30)21(33-24(28)31)14-19-4-3-13-27(19)18-9-5-16(25)6-10-18/h3-14H,2,15H2,1H3,(H,26,29)/b21-14+. The first kappa shape index (κ1) is 22.9. The van der Waals surface area contributed by atoms with Crippen molar-refractivity contribution in [3.8, 4) is 11.4 Å². The van der Waals surface area contributed by atoms with E-state index in [-0.39, 0.29) is 11.4 Å². The van der Waals surface area contributed by atoms with Gasteiger partial charge in [-0.1, -0.05) is 15.9 Å². The van der Waals surface area contributed by atoms with Crippen LogP contribution in [0, 0.1) is 0 Å². The molecule has 2 aromatic carbocycles. The number of nitrogens with zero attached hydrogens (tertiary/aromatic N) is 2. The number of carbonyl (C=O) groups excluding carboxylic acids is 3. The molecule has 1 N–H and O–H groups in total. The van der Waals surface area contributed by atoms with Gasteiger partial charge < -0.3 is 14.6 Å². The van der Waals surface area contributed by atoms with Crippen LogP contribution in [-0.2, 0) is 9.59 Å². The van der Waals surface area contributed by atoms with Crippen LogP contribution in [0.5, 0.6) is 5.75 Å². The van der Waals surface area contributed by atoms with E-state index in [1.165, 1.54) is 0 Å². The van der Waals surface area contributed by atoms with Crippen LogP contribution in [0.3, 0.4) is 0 Å². The largest absolute Gasteiger partial charge is 0.494 e. The molecule has 33 heavy (non-hydrogen) atoms. The molecule has 0 aliphatic carbocycles. The number of nitrogens with one attached hydrogen (secondary N) is 1. The number of imide groups is 1. The zero-order valence-electron chi connectivity index (χ0n) is 17.7. The summed E-state index contributed by atoms with van der Waals surface area (Å²) in [6, 6.07) is 18.3. The molecule has 1 aliphatic rings. The van der Waals surface area contributed by atoms with Crippen molar-refractivity contribution in [2.75, 3.05) is 18.5 Å². The smallest absolute Gasteiger partial charge is 0.294 e. The Morgan fingerprint density at radius 2 is 1.82 bits per heavy atom. The summed E-state index contributed by atoms with van der Waals surface area (Å²) in [6.45, 7) is 2.08. The van der Waals surface area contributed by atoms with Crippen molar-refractivity contribution in [3.05, 3.63) is 81.9 Å². The maximum atomic E-state index is 12.8. The van der Waals surface area contributed by atoms with Gasteiger partial charge in [0.1, 0.15) is 12.3 Å². The van der Waals surface area contributed by atoms with Crippen LogP contribution in [0.4, 0.5) is 10.5 Å². The topological polar surface area (TPSA) is 80.6 Å². The molecule has 2 heterocycles. The highest BCUT2D eigenvalue weighted by atomic mass is 79.9. The fourth-order valence-electron chi connectivity index (χ4n) is 3.26. The number of halogens is 1. The molecule has 1 aromatic heterocycles. The molecule has 0 saturated carbocycles. The van der Waals surface area contributed by atoms with Gasteiger partial charge in [-0.05, 0) is 85.4 Å². The number of ether oxygens (including phenoxy) is 1. The van der Waals surface area contributed by atoms with Crippen molar-refractivity contribution in [2.24, 2.45) is 0 Å². The van der Waals surface area contributed by atoms with Crippen molar-refractivity contribution >= 4 is 56.5 Å². The zero-order valence-corrected chi connectivity index (χ0v) is 20.1. The van der Waals surface area contributed by atoms with Gasteiger partial charge in [0.15, 0.2) is 0 Å². The number of rotatable bonds is 7. The van der Waals surface area contributed by atoms with E-state index in [1.54, 1.807) is 30.3 Å². The SMILES string of the molecule is CCOc1ccc(NC(=O)CN2C(=O)S/C(=C/c3cccn3-c3ccc(Br)cc3)C2=O)cc1. The Balaban J connectivity index is 1.45. The summed E-state index contributed by atoms with van der Waals surface area (Å²) in [5, 5.41) is 2.22. The fraction of sp³-hybridized carbons (Fsp3) is 0.125. The Kier molecular flexibility index (Phi) is 7.00. The summed E-state index contributed by atoms with van der Waals surface area (Å²) in [5.41, 5.74) is 2.23. The van der Waals surface area contributed by atoms with Crippen molar-refractivity contribution in [3.63, 3.8) is 0 Å². The Morgan fingerprint density at radius 1 is 1.09 bits per heavy atom. The number of carbonyl (C=O) groups is 3. The van der Waals surface area contributed by atoms with E-state index in [2.05, 4.69) is 21.2 Å². The van der Waals surface area contributed by atoms with Crippen LogP contribution < -0.4 is 10.1 Å². The molecule has 1 fully saturated rings. The second-order valence-electron chi connectivity index (χ2n) is 7.05. The minimum Gasteiger partial charge on any atom is -0.494 e. The lowest BCUT2D eigenvalue weighted by Crippen LogP contribution is -2.36. The molecule has 0 spiro atoms. The van der Waals surface area contributed by atoms with Crippen LogP contribution in [0.15, 0.2) is 76.2 Å². The van der Waals surface area contributed by atoms with E-state index in [1.807, 2.05) is 54.1 Å². The summed E-state index contributed by atoms with van der Waals surface area (Å²) in [4.78, 5) is 38.9. The summed E-state index contributed by atoms with van der Waals surface area (Å²) in [5.74, 6) is -0.254. The molecule has 9 heteroatoms. The lowest BCUT2D eigenvalue weighted by Gasteiger charge is -2.13. The molecule has 0 unspecified atom stereocenters. The zero-order chi connectivity index (χ0) is 23.4. The third kappa shape index (κ3) is 5.37. The number of thioether (sulfide) groups is 1. The highest BCUT2D eigenvalue weighted by Crippen LogP contribution is 2.32. The lowest BCUT2D eigenvalue weighted by molar-refractivity contribution is -0.127. The number of hydrogen-bond donors (Lipinski definition) is 1. The Hall–Kier alpha value is -3.30. The molecule has 0 atom stereocenters. The average molecular weight is 526 g/mol. The summed E-state index contributed by atoms with van der Waals surface area (Å²) < 4.78 is 8.25. The van der Waals surface area contributed by atoms with Gasteiger partial charge in [-0.3, -0.25) is 19.3 Å². The molecule has 168 valence electrons. The molecule has 0 bridgehead atoms. The molecular formula is C24H20BrN3O4S. The van der Waals surface area contributed by atoms with Crippen LogP contribution in [-0.4, -0.2) is 39.7 Å². The summed E-state index contributed by atoms with van der Waals surface area (Å²) >= 11 is 4.24. The number of aromatic nitrogens is 1. The van der Waals surface area contributed by atoms with Crippen LogP contribution in [0.25, 0.3) is 11.8 Å². The first-order valence-electron chi connectivity index (χ1n) is 10.2. The van der Waals surface area contributed by atoms with Crippen LogP contribution >= 0.6 is 27.7 Å². The first-order chi connectivity index (χ1) is 15.9. The van der Waals surface area contributed by atoms with Gasteiger partial charge in [0, 0.05) is 27.7 Å². The number of anilines is 1. The number of amides is 3. The highest BCUT2D eigenvalue weighted by Gasteiger charge is 2.36. The number of benzene rings is 2. The predicted octanol–water partition coefficient (Wildman–Crippen LogP) is 5.31. The van der Waals surface area contributed by atoms with Gasteiger partial charge in [-0.25, -0.2) is 0 Å². The fourth-order valence-corrected chi connectivity index (χ4v) is 4.35. The summed E-state index contributed by atoms with van der Waals surface area (Å²) in [6.07, 6.45) is 3.54. The van der Waals surface area contributed by atoms with Crippen LogP contribution in [0.2, 0.25) is 0 Å². The predicted molar refractivity (Wildman–Crippen MR) is 132 cm³/mol.